The molecule has 0 aliphatic heterocycles. The van der Waals surface area contributed by atoms with Gasteiger partial charge >= 0.3 is 0 Å². The van der Waals surface area contributed by atoms with Gasteiger partial charge in [0.2, 0.25) is 5.91 Å². The first-order valence-corrected chi connectivity index (χ1v) is 7.20. The highest BCUT2D eigenvalue weighted by molar-refractivity contribution is 5.75. The van der Waals surface area contributed by atoms with Crippen molar-refractivity contribution in [1.82, 2.24) is 15.1 Å². The maximum atomic E-state index is 11.8. The van der Waals surface area contributed by atoms with Crippen molar-refractivity contribution in [1.29, 1.82) is 0 Å². The minimum atomic E-state index is -0.0877. The third kappa shape index (κ3) is 5.04. The first-order chi connectivity index (χ1) is 10.1. The number of aromatic nitrogens is 2. The number of rotatable bonds is 7. The third-order valence-electron chi connectivity index (χ3n) is 3.40. The Kier molecular flexibility index (Phi) is 5.51. The van der Waals surface area contributed by atoms with Gasteiger partial charge in [-0.05, 0) is 24.0 Å². The number of hydrogen-bond donors (Lipinski definition) is 2. The first kappa shape index (κ1) is 15.3. The lowest BCUT2D eigenvalue weighted by Crippen LogP contribution is -2.26. The summed E-state index contributed by atoms with van der Waals surface area (Å²) in [6.07, 6.45) is 5.67. The van der Waals surface area contributed by atoms with Gasteiger partial charge < -0.3 is 11.1 Å². The number of hydrogen-bond acceptors (Lipinski definition) is 3. The Morgan fingerprint density at radius 1 is 1.38 bits per heavy atom. The normalized spacial score (nSPS) is 12.1. The Labute approximate surface area is 125 Å². The maximum Gasteiger partial charge on any atom is 0.220 e. The van der Waals surface area contributed by atoms with Gasteiger partial charge in [-0.2, -0.15) is 5.10 Å². The van der Waals surface area contributed by atoms with Crippen molar-refractivity contribution in [3.63, 3.8) is 0 Å². The van der Waals surface area contributed by atoms with Crippen molar-refractivity contribution < 1.29 is 4.79 Å². The van der Waals surface area contributed by atoms with Crippen molar-refractivity contribution in [2.45, 2.75) is 25.3 Å². The smallest absolute Gasteiger partial charge is 0.220 e. The summed E-state index contributed by atoms with van der Waals surface area (Å²) in [5, 5.41) is 7.01. The predicted molar refractivity (Wildman–Crippen MR) is 82.5 cm³/mol. The maximum absolute atomic E-state index is 11.8. The molecule has 21 heavy (non-hydrogen) atoms. The largest absolute Gasteiger partial charge is 0.356 e. The van der Waals surface area contributed by atoms with Crippen molar-refractivity contribution in [2.24, 2.45) is 12.8 Å². The molecule has 0 radical (unpaired) electrons. The highest BCUT2D eigenvalue weighted by Crippen LogP contribution is 2.14. The summed E-state index contributed by atoms with van der Waals surface area (Å²) < 4.78 is 1.76. The zero-order valence-electron chi connectivity index (χ0n) is 12.3. The zero-order chi connectivity index (χ0) is 15.1. The van der Waals surface area contributed by atoms with Crippen LogP contribution >= 0.6 is 0 Å². The second-order valence-electron chi connectivity index (χ2n) is 5.18. The molecule has 0 saturated carbocycles. The van der Waals surface area contributed by atoms with E-state index in [4.69, 9.17) is 5.73 Å². The van der Waals surface area contributed by atoms with Gasteiger partial charge in [-0.15, -0.1) is 0 Å². The Bertz CT molecular complexity index is 565. The van der Waals surface area contributed by atoms with Crippen LogP contribution in [0.4, 0.5) is 0 Å². The van der Waals surface area contributed by atoms with E-state index in [2.05, 4.69) is 10.4 Å². The highest BCUT2D eigenvalue weighted by Gasteiger charge is 2.08. The average molecular weight is 286 g/mol. The Morgan fingerprint density at radius 3 is 2.81 bits per heavy atom. The van der Waals surface area contributed by atoms with Crippen LogP contribution in [0, 0.1) is 0 Å². The molecule has 3 N–H and O–H groups in total. The number of nitrogens with zero attached hydrogens (tertiary/aromatic N) is 2. The molecule has 0 aliphatic carbocycles. The number of carbonyl (C=O) groups excluding carboxylic acids is 1. The Balaban J connectivity index is 1.65. The lowest BCUT2D eigenvalue weighted by Gasteiger charge is -2.11. The van der Waals surface area contributed by atoms with E-state index in [1.54, 1.807) is 4.68 Å². The molecule has 5 nitrogen and oxygen atoms in total. The molecule has 0 bridgehead atoms. The van der Waals surface area contributed by atoms with Gasteiger partial charge in [0.1, 0.15) is 0 Å². The molecular weight excluding hydrogens is 264 g/mol. The fourth-order valence-electron chi connectivity index (χ4n) is 2.19. The second kappa shape index (κ2) is 7.59. The molecule has 2 rings (SSSR count). The van der Waals surface area contributed by atoms with E-state index >= 15 is 0 Å². The molecule has 1 heterocycles. The van der Waals surface area contributed by atoms with Crippen LogP contribution in [0.2, 0.25) is 0 Å². The van der Waals surface area contributed by atoms with Crippen LogP contribution in [0.15, 0.2) is 42.7 Å². The topological polar surface area (TPSA) is 72.9 Å². The van der Waals surface area contributed by atoms with Crippen LogP contribution < -0.4 is 11.1 Å². The number of carbonyl (C=O) groups is 1. The van der Waals surface area contributed by atoms with Crippen LogP contribution in [-0.2, 0) is 18.3 Å². The minimum Gasteiger partial charge on any atom is -0.356 e. The molecule has 1 amide bonds. The van der Waals surface area contributed by atoms with E-state index in [-0.39, 0.29) is 11.9 Å². The fourth-order valence-corrected chi connectivity index (χ4v) is 2.19. The molecule has 2 aromatic rings. The second-order valence-corrected chi connectivity index (χ2v) is 5.18. The average Bonchev–Trinajstić information content (AvgIpc) is 2.91. The van der Waals surface area contributed by atoms with Crippen LogP contribution in [0.3, 0.4) is 0 Å². The molecule has 0 spiro atoms. The summed E-state index contributed by atoms with van der Waals surface area (Å²) in [4.78, 5) is 11.8. The van der Waals surface area contributed by atoms with E-state index in [9.17, 15) is 4.79 Å². The van der Waals surface area contributed by atoms with Crippen LogP contribution in [-0.4, -0.2) is 22.2 Å². The molecule has 0 fully saturated rings. The fraction of sp³-hybridized carbons (Fsp3) is 0.375. The standard InChI is InChI=1S/C16H22N4O/c1-20-12-13(11-19-20)9-10-18-16(21)8-7-15(17)14-5-3-2-4-6-14/h2-6,11-12,15H,7-10,17H2,1H3,(H,18,21). The van der Waals surface area contributed by atoms with Crippen LogP contribution in [0.1, 0.15) is 30.0 Å². The number of nitrogens with two attached hydrogens (primary N) is 1. The quantitative estimate of drug-likeness (QED) is 0.811. The van der Waals surface area contributed by atoms with Crippen LogP contribution in [0.25, 0.3) is 0 Å². The van der Waals surface area contributed by atoms with Crippen molar-refractivity contribution >= 4 is 5.91 Å². The summed E-state index contributed by atoms with van der Waals surface area (Å²) in [6, 6.07) is 9.78. The van der Waals surface area contributed by atoms with E-state index in [1.165, 1.54) is 0 Å². The Hall–Kier alpha value is -2.14. The molecule has 1 aromatic carbocycles. The number of nitrogens with one attached hydrogen (secondary N) is 1. The highest BCUT2D eigenvalue weighted by atomic mass is 16.1. The summed E-state index contributed by atoms with van der Waals surface area (Å²) in [6.45, 7) is 0.630. The molecule has 0 saturated heterocycles. The van der Waals surface area contributed by atoms with Gasteiger partial charge in [0, 0.05) is 32.3 Å². The van der Waals surface area contributed by atoms with E-state index < -0.39 is 0 Å². The summed E-state index contributed by atoms with van der Waals surface area (Å²) in [5.74, 6) is 0.0465. The van der Waals surface area contributed by atoms with Gasteiger partial charge in [-0.1, -0.05) is 30.3 Å². The SMILES string of the molecule is Cn1cc(CCNC(=O)CCC(N)c2ccccc2)cn1. The molecule has 1 unspecified atom stereocenters. The van der Waals surface area contributed by atoms with Crippen molar-refractivity contribution in [2.75, 3.05) is 6.54 Å². The van der Waals surface area contributed by atoms with Gasteiger partial charge in [-0.3, -0.25) is 9.48 Å². The van der Waals surface area contributed by atoms with Crippen LogP contribution in [0.5, 0.6) is 0 Å². The number of benzene rings is 1. The van der Waals surface area contributed by atoms with E-state index in [0.29, 0.717) is 19.4 Å². The van der Waals surface area contributed by atoms with Crippen molar-refractivity contribution in [3.8, 4) is 0 Å². The number of amides is 1. The zero-order valence-corrected chi connectivity index (χ0v) is 12.3. The lowest BCUT2D eigenvalue weighted by atomic mass is 10.0. The summed E-state index contributed by atoms with van der Waals surface area (Å²) in [5.41, 5.74) is 8.27. The predicted octanol–water partition coefficient (Wildman–Crippen LogP) is 1.56. The van der Waals surface area contributed by atoms with Gasteiger partial charge in [0.15, 0.2) is 0 Å². The van der Waals surface area contributed by atoms with Crippen molar-refractivity contribution in [3.05, 3.63) is 53.9 Å². The molecule has 0 aliphatic rings. The Morgan fingerprint density at radius 2 is 2.14 bits per heavy atom. The lowest BCUT2D eigenvalue weighted by molar-refractivity contribution is -0.121. The van der Waals surface area contributed by atoms with Gasteiger partial charge in [-0.25, -0.2) is 0 Å². The van der Waals surface area contributed by atoms with Gasteiger partial charge in [0.25, 0.3) is 0 Å². The van der Waals surface area contributed by atoms with E-state index in [1.807, 2.05) is 49.8 Å². The number of aryl methyl sites for hydroxylation is 1. The monoisotopic (exact) mass is 286 g/mol. The summed E-state index contributed by atoms with van der Waals surface area (Å²) >= 11 is 0. The molecule has 5 heteroatoms. The first-order valence-electron chi connectivity index (χ1n) is 7.20. The molecule has 1 aromatic heterocycles. The van der Waals surface area contributed by atoms with E-state index in [0.717, 1.165) is 17.5 Å². The van der Waals surface area contributed by atoms with Gasteiger partial charge in [0.05, 0.1) is 6.20 Å². The minimum absolute atomic E-state index is 0.0465. The molecular formula is C16H22N4O. The third-order valence-corrected chi connectivity index (χ3v) is 3.40. The molecule has 112 valence electrons. The summed E-state index contributed by atoms with van der Waals surface area (Å²) in [7, 11) is 1.88. The molecule has 1 atom stereocenters.